The van der Waals surface area contributed by atoms with Gasteiger partial charge in [-0.3, -0.25) is 4.57 Å². The molecule has 146 valence electrons. The van der Waals surface area contributed by atoms with Gasteiger partial charge in [-0.05, 0) is 31.2 Å². The van der Waals surface area contributed by atoms with Crippen LogP contribution in [0.3, 0.4) is 0 Å². The Labute approximate surface area is 170 Å². The van der Waals surface area contributed by atoms with E-state index in [0.717, 1.165) is 30.6 Å². The quantitative estimate of drug-likeness (QED) is 0.348. The number of hydrogen-bond acceptors (Lipinski definition) is 4. The van der Waals surface area contributed by atoms with Crippen molar-refractivity contribution in [1.29, 1.82) is 0 Å². The number of guanidine groups is 1. The van der Waals surface area contributed by atoms with E-state index in [4.69, 9.17) is 0 Å². The van der Waals surface area contributed by atoms with Crippen LogP contribution in [0.4, 0.5) is 0 Å². The minimum Gasteiger partial charge on any atom is -0.357 e. The fourth-order valence-corrected chi connectivity index (χ4v) is 3.62. The molecule has 0 aliphatic heterocycles. The predicted molar refractivity (Wildman–Crippen MR) is 116 cm³/mol. The van der Waals surface area contributed by atoms with Gasteiger partial charge in [-0.1, -0.05) is 43.3 Å². The third-order valence-electron chi connectivity index (χ3n) is 4.01. The molecule has 3 rings (SSSR count). The summed E-state index contributed by atoms with van der Waals surface area (Å²) in [5.74, 6) is 1.58. The van der Waals surface area contributed by atoms with Crippen molar-refractivity contribution >= 4 is 17.7 Å². The maximum Gasteiger partial charge on any atom is 0.191 e. The molecule has 7 heteroatoms. The van der Waals surface area contributed by atoms with Crippen LogP contribution in [0, 0.1) is 0 Å². The number of benzene rings is 2. The number of nitrogens with one attached hydrogen (secondary N) is 2. The van der Waals surface area contributed by atoms with Crippen LogP contribution in [0.5, 0.6) is 0 Å². The van der Waals surface area contributed by atoms with Crippen molar-refractivity contribution in [2.24, 2.45) is 4.99 Å². The van der Waals surface area contributed by atoms with E-state index in [1.165, 1.54) is 4.90 Å². The summed E-state index contributed by atoms with van der Waals surface area (Å²) in [4.78, 5) is 5.96. The van der Waals surface area contributed by atoms with Crippen molar-refractivity contribution in [2.75, 3.05) is 13.1 Å². The highest BCUT2D eigenvalue weighted by Crippen LogP contribution is 2.21. The average Bonchev–Trinajstić information content (AvgIpc) is 3.20. The van der Waals surface area contributed by atoms with E-state index in [1.54, 1.807) is 6.33 Å². The topological polar surface area (TPSA) is 67.1 Å². The van der Waals surface area contributed by atoms with E-state index in [2.05, 4.69) is 63.9 Å². The highest BCUT2D eigenvalue weighted by molar-refractivity contribution is 8.00. The molecule has 6 nitrogen and oxygen atoms in total. The summed E-state index contributed by atoms with van der Waals surface area (Å²) < 4.78 is 1.96. The Morgan fingerprint density at radius 2 is 1.79 bits per heavy atom. The molecule has 1 aromatic heterocycles. The Morgan fingerprint density at radius 1 is 1.07 bits per heavy atom. The van der Waals surface area contributed by atoms with E-state index in [-0.39, 0.29) is 0 Å². The molecular formula is C21H26N6S. The highest BCUT2D eigenvalue weighted by Gasteiger charge is 2.08. The molecule has 1 heterocycles. The molecule has 0 spiro atoms. The van der Waals surface area contributed by atoms with Crippen LogP contribution in [0.15, 0.2) is 76.9 Å². The molecule has 0 aliphatic rings. The van der Waals surface area contributed by atoms with Crippen molar-refractivity contribution in [3.05, 3.63) is 72.8 Å². The Morgan fingerprint density at radius 3 is 2.50 bits per heavy atom. The van der Waals surface area contributed by atoms with Gasteiger partial charge in [0.05, 0.1) is 0 Å². The molecule has 0 radical (unpaired) electrons. The van der Waals surface area contributed by atoms with E-state index < -0.39 is 0 Å². The van der Waals surface area contributed by atoms with Gasteiger partial charge in [0.25, 0.3) is 0 Å². The maximum absolute atomic E-state index is 4.68. The van der Waals surface area contributed by atoms with E-state index in [0.29, 0.717) is 11.8 Å². The smallest absolute Gasteiger partial charge is 0.191 e. The number of aromatic nitrogens is 3. The van der Waals surface area contributed by atoms with Crippen LogP contribution in [-0.2, 0) is 6.54 Å². The summed E-state index contributed by atoms with van der Waals surface area (Å²) in [6.45, 7) is 6.34. The molecule has 1 atom stereocenters. The van der Waals surface area contributed by atoms with Crippen molar-refractivity contribution in [2.45, 2.75) is 30.5 Å². The molecule has 2 N–H and O–H groups in total. The molecular weight excluding hydrogens is 368 g/mol. The first-order valence-electron chi connectivity index (χ1n) is 9.44. The van der Waals surface area contributed by atoms with Crippen molar-refractivity contribution in [1.82, 2.24) is 25.4 Å². The van der Waals surface area contributed by atoms with Crippen LogP contribution in [0.1, 0.15) is 19.7 Å². The Balaban J connectivity index is 1.60. The van der Waals surface area contributed by atoms with Gasteiger partial charge in [0.15, 0.2) is 11.8 Å². The van der Waals surface area contributed by atoms with Gasteiger partial charge in [0.1, 0.15) is 12.9 Å². The molecule has 0 fully saturated rings. The van der Waals surface area contributed by atoms with Gasteiger partial charge >= 0.3 is 0 Å². The monoisotopic (exact) mass is 394 g/mol. The van der Waals surface area contributed by atoms with E-state index in [9.17, 15) is 0 Å². The summed E-state index contributed by atoms with van der Waals surface area (Å²) in [6, 6.07) is 20.5. The zero-order valence-electron chi connectivity index (χ0n) is 16.2. The average molecular weight is 395 g/mol. The molecule has 3 aromatic rings. The molecule has 0 saturated carbocycles. The third kappa shape index (κ3) is 5.85. The predicted octanol–water partition coefficient (Wildman–Crippen LogP) is 3.50. The molecule has 0 bridgehead atoms. The largest absolute Gasteiger partial charge is 0.357 e. The van der Waals surface area contributed by atoms with Gasteiger partial charge < -0.3 is 10.6 Å². The van der Waals surface area contributed by atoms with Crippen LogP contribution in [-0.4, -0.2) is 39.1 Å². The molecule has 2 aromatic carbocycles. The molecule has 0 aliphatic carbocycles. The standard InChI is InChI=1S/C21H26N6S/c1-3-22-21(23-14-17(2)28-19-12-8-5-9-13-19)24-15-20-26-25-16-27(20)18-10-6-4-7-11-18/h4-13,16-17H,3,14-15H2,1-2H3,(H2,22,23,24). The maximum atomic E-state index is 4.68. The van der Waals surface area contributed by atoms with Gasteiger partial charge in [0, 0.05) is 28.9 Å². The summed E-state index contributed by atoms with van der Waals surface area (Å²) in [7, 11) is 0. The lowest BCUT2D eigenvalue weighted by atomic mass is 10.3. The summed E-state index contributed by atoms with van der Waals surface area (Å²) in [6.07, 6.45) is 1.72. The Hall–Kier alpha value is -2.80. The third-order valence-corrected chi connectivity index (χ3v) is 5.13. The number of hydrogen-bond donors (Lipinski definition) is 2. The fraction of sp³-hybridized carbons (Fsp3) is 0.286. The number of rotatable bonds is 8. The first kappa shape index (κ1) is 19.9. The SMILES string of the molecule is CCNC(=NCc1nncn1-c1ccccc1)NCC(C)Sc1ccccc1. The summed E-state index contributed by atoms with van der Waals surface area (Å²) in [5, 5.41) is 15.4. The second-order valence-corrected chi connectivity index (χ2v) is 7.78. The van der Waals surface area contributed by atoms with Crippen LogP contribution in [0.2, 0.25) is 0 Å². The van der Waals surface area contributed by atoms with Crippen LogP contribution in [0.25, 0.3) is 5.69 Å². The number of nitrogens with zero attached hydrogens (tertiary/aromatic N) is 4. The van der Waals surface area contributed by atoms with Crippen LogP contribution < -0.4 is 10.6 Å². The normalized spacial score (nSPS) is 12.6. The summed E-state index contributed by atoms with van der Waals surface area (Å²) in [5.41, 5.74) is 1.03. The lowest BCUT2D eigenvalue weighted by Gasteiger charge is -2.15. The molecule has 0 saturated heterocycles. The Bertz CT molecular complexity index is 863. The molecule has 1 unspecified atom stereocenters. The fourth-order valence-electron chi connectivity index (χ4n) is 2.68. The summed E-state index contributed by atoms with van der Waals surface area (Å²) >= 11 is 1.85. The molecule has 0 amide bonds. The van der Waals surface area contributed by atoms with Gasteiger partial charge in [-0.25, -0.2) is 4.99 Å². The van der Waals surface area contributed by atoms with Crippen molar-refractivity contribution in [3.8, 4) is 5.69 Å². The Kier molecular flexibility index (Phi) is 7.49. The minimum absolute atomic E-state index is 0.416. The van der Waals surface area contributed by atoms with Gasteiger partial charge in [-0.2, -0.15) is 0 Å². The van der Waals surface area contributed by atoms with Crippen LogP contribution >= 0.6 is 11.8 Å². The van der Waals surface area contributed by atoms with E-state index >= 15 is 0 Å². The van der Waals surface area contributed by atoms with Crippen molar-refractivity contribution in [3.63, 3.8) is 0 Å². The first-order valence-corrected chi connectivity index (χ1v) is 10.3. The highest BCUT2D eigenvalue weighted by atomic mass is 32.2. The zero-order valence-corrected chi connectivity index (χ0v) is 17.1. The minimum atomic E-state index is 0.416. The number of thioether (sulfide) groups is 1. The second-order valence-electron chi connectivity index (χ2n) is 6.27. The zero-order chi connectivity index (χ0) is 19.6. The van der Waals surface area contributed by atoms with Gasteiger partial charge in [0.2, 0.25) is 0 Å². The lowest BCUT2D eigenvalue weighted by molar-refractivity contribution is 0.780. The lowest BCUT2D eigenvalue weighted by Crippen LogP contribution is -2.40. The van der Waals surface area contributed by atoms with Crippen molar-refractivity contribution < 1.29 is 0 Å². The first-order chi connectivity index (χ1) is 13.8. The molecule has 28 heavy (non-hydrogen) atoms. The van der Waals surface area contributed by atoms with Gasteiger partial charge in [-0.15, -0.1) is 22.0 Å². The van der Waals surface area contributed by atoms with E-state index in [1.807, 2.05) is 52.7 Å². The second kappa shape index (κ2) is 10.5. The number of para-hydroxylation sites is 1. The number of aliphatic imine (C=N–C) groups is 1.